The lowest BCUT2D eigenvalue weighted by atomic mass is 10.2. The van der Waals surface area contributed by atoms with Gasteiger partial charge in [0.05, 0.1) is 0 Å². The minimum atomic E-state index is 0.447. The van der Waals surface area contributed by atoms with E-state index < -0.39 is 0 Å². The van der Waals surface area contributed by atoms with E-state index in [-0.39, 0.29) is 0 Å². The van der Waals surface area contributed by atoms with Crippen molar-refractivity contribution in [3.8, 4) is 0 Å². The number of aromatic nitrogens is 2. The molecule has 0 saturated carbocycles. The van der Waals surface area contributed by atoms with Gasteiger partial charge in [-0.05, 0) is 6.92 Å². The molecule has 72 valence electrons. The minimum Gasteiger partial charge on any atom is -0.368 e. The molecule has 0 amide bonds. The van der Waals surface area contributed by atoms with E-state index in [0.717, 1.165) is 23.1 Å². The number of nitrogens with zero attached hydrogens (tertiary/aromatic N) is 2. The van der Waals surface area contributed by atoms with E-state index in [2.05, 4.69) is 15.5 Å². The number of anilines is 1. The van der Waals surface area contributed by atoms with Crippen molar-refractivity contribution >= 4 is 28.2 Å². The van der Waals surface area contributed by atoms with E-state index in [0.29, 0.717) is 5.15 Å². The van der Waals surface area contributed by atoms with Crippen molar-refractivity contribution in [1.82, 2.24) is 10.2 Å². The summed E-state index contributed by atoms with van der Waals surface area (Å²) >= 11 is 5.93. The van der Waals surface area contributed by atoms with Crippen molar-refractivity contribution in [3.05, 3.63) is 29.4 Å². The van der Waals surface area contributed by atoms with Gasteiger partial charge in [-0.1, -0.05) is 35.9 Å². The summed E-state index contributed by atoms with van der Waals surface area (Å²) in [4.78, 5) is 0. The smallest absolute Gasteiger partial charge is 0.159 e. The topological polar surface area (TPSA) is 37.8 Å². The summed E-state index contributed by atoms with van der Waals surface area (Å²) < 4.78 is 0. The molecule has 0 atom stereocenters. The fourth-order valence-electron chi connectivity index (χ4n) is 1.37. The highest BCUT2D eigenvalue weighted by atomic mass is 35.5. The molecule has 0 spiro atoms. The van der Waals surface area contributed by atoms with Crippen LogP contribution in [-0.2, 0) is 0 Å². The lowest BCUT2D eigenvalue weighted by Gasteiger charge is -2.05. The fourth-order valence-corrected chi connectivity index (χ4v) is 1.57. The summed E-state index contributed by atoms with van der Waals surface area (Å²) in [6.07, 6.45) is 0. The first-order chi connectivity index (χ1) is 6.83. The standard InChI is InChI=1S/C10H10ClN3/c1-2-12-10-8-6-4-3-5-7(8)9(11)13-14-10/h3-6H,2H2,1H3,(H,12,14). The third-order valence-corrected chi connectivity index (χ3v) is 2.27. The van der Waals surface area contributed by atoms with E-state index in [1.165, 1.54) is 0 Å². The molecule has 0 unspecified atom stereocenters. The molecular weight excluding hydrogens is 198 g/mol. The molecule has 1 aromatic carbocycles. The number of benzene rings is 1. The van der Waals surface area contributed by atoms with Crippen LogP contribution in [-0.4, -0.2) is 16.7 Å². The van der Waals surface area contributed by atoms with Gasteiger partial charge in [-0.2, -0.15) is 0 Å². The Morgan fingerprint density at radius 3 is 2.64 bits per heavy atom. The molecule has 2 aromatic rings. The lowest BCUT2D eigenvalue weighted by Crippen LogP contribution is -2.01. The third kappa shape index (κ3) is 1.51. The van der Waals surface area contributed by atoms with Crippen molar-refractivity contribution < 1.29 is 0 Å². The first-order valence-corrected chi connectivity index (χ1v) is 4.85. The number of hydrogen-bond acceptors (Lipinski definition) is 3. The molecule has 0 aliphatic carbocycles. The van der Waals surface area contributed by atoms with Gasteiger partial charge < -0.3 is 5.32 Å². The van der Waals surface area contributed by atoms with Crippen LogP contribution in [0.3, 0.4) is 0 Å². The van der Waals surface area contributed by atoms with Crippen molar-refractivity contribution in [1.29, 1.82) is 0 Å². The Balaban J connectivity index is 2.68. The molecule has 2 rings (SSSR count). The zero-order valence-electron chi connectivity index (χ0n) is 7.79. The Labute approximate surface area is 87.1 Å². The van der Waals surface area contributed by atoms with Crippen LogP contribution >= 0.6 is 11.6 Å². The maximum Gasteiger partial charge on any atom is 0.159 e. The van der Waals surface area contributed by atoms with Crippen LogP contribution in [0, 0.1) is 0 Å². The van der Waals surface area contributed by atoms with Crippen molar-refractivity contribution in [2.45, 2.75) is 6.92 Å². The van der Waals surface area contributed by atoms with Gasteiger partial charge in [0.25, 0.3) is 0 Å². The second-order valence-corrected chi connectivity index (χ2v) is 3.27. The van der Waals surface area contributed by atoms with Crippen LogP contribution < -0.4 is 5.32 Å². The highest BCUT2D eigenvalue weighted by Gasteiger charge is 2.05. The monoisotopic (exact) mass is 207 g/mol. The van der Waals surface area contributed by atoms with Gasteiger partial charge in [-0.3, -0.25) is 0 Å². The molecule has 1 N–H and O–H groups in total. The van der Waals surface area contributed by atoms with Gasteiger partial charge in [-0.15, -0.1) is 10.2 Å². The molecule has 1 heterocycles. The largest absolute Gasteiger partial charge is 0.368 e. The average Bonchev–Trinajstić information content (AvgIpc) is 2.23. The number of rotatable bonds is 2. The number of halogens is 1. The van der Waals surface area contributed by atoms with Gasteiger partial charge in [0, 0.05) is 17.3 Å². The summed E-state index contributed by atoms with van der Waals surface area (Å²) in [6.45, 7) is 2.84. The molecule has 0 fully saturated rings. The van der Waals surface area contributed by atoms with Gasteiger partial charge in [0.2, 0.25) is 0 Å². The van der Waals surface area contributed by atoms with Crippen molar-refractivity contribution in [2.75, 3.05) is 11.9 Å². The van der Waals surface area contributed by atoms with Crippen LogP contribution in [0.15, 0.2) is 24.3 Å². The van der Waals surface area contributed by atoms with Gasteiger partial charge in [0.15, 0.2) is 11.0 Å². The van der Waals surface area contributed by atoms with Crippen LogP contribution in [0.25, 0.3) is 10.8 Å². The minimum absolute atomic E-state index is 0.447. The molecule has 0 radical (unpaired) electrons. The lowest BCUT2D eigenvalue weighted by molar-refractivity contribution is 1.03. The van der Waals surface area contributed by atoms with Crippen LogP contribution in [0.5, 0.6) is 0 Å². The first kappa shape index (κ1) is 9.21. The Kier molecular flexibility index (Phi) is 2.50. The normalized spacial score (nSPS) is 10.4. The number of nitrogens with one attached hydrogen (secondary N) is 1. The Bertz CT molecular complexity index is 456. The molecule has 0 aliphatic rings. The van der Waals surface area contributed by atoms with Gasteiger partial charge in [-0.25, -0.2) is 0 Å². The molecule has 14 heavy (non-hydrogen) atoms. The second kappa shape index (κ2) is 3.80. The average molecular weight is 208 g/mol. The van der Waals surface area contributed by atoms with E-state index >= 15 is 0 Å². The van der Waals surface area contributed by atoms with E-state index in [1.807, 2.05) is 31.2 Å². The van der Waals surface area contributed by atoms with Crippen molar-refractivity contribution in [2.24, 2.45) is 0 Å². The highest BCUT2D eigenvalue weighted by molar-refractivity contribution is 6.34. The molecule has 1 aromatic heterocycles. The molecule has 0 bridgehead atoms. The van der Waals surface area contributed by atoms with E-state index in [1.54, 1.807) is 0 Å². The van der Waals surface area contributed by atoms with Crippen LogP contribution in [0.1, 0.15) is 6.92 Å². The van der Waals surface area contributed by atoms with E-state index in [4.69, 9.17) is 11.6 Å². The van der Waals surface area contributed by atoms with E-state index in [9.17, 15) is 0 Å². The number of hydrogen-bond donors (Lipinski definition) is 1. The maximum absolute atomic E-state index is 5.93. The van der Waals surface area contributed by atoms with Gasteiger partial charge >= 0.3 is 0 Å². The zero-order chi connectivity index (χ0) is 9.97. The summed E-state index contributed by atoms with van der Waals surface area (Å²) in [5.41, 5.74) is 0. The van der Waals surface area contributed by atoms with Crippen LogP contribution in [0.2, 0.25) is 5.15 Å². The number of fused-ring (bicyclic) bond motifs is 1. The summed E-state index contributed by atoms with van der Waals surface area (Å²) in [6, 6.07) is 7.81. The predicted molar refractivity (Wildman–Crippen MR) is 58.7 cm³/mol. The quantitative estimate of drug-likeness (QED) is 0.823. The zero-order valence-corrected chi connectivity index (χ0v) is 8.54. The maximum atomic E-state index is 5.93. The molecule has 0 aliphatic heterocycles. The van der Waals surface area contributed by atoms with Gasteiger partial charge in [0.1, 0.15) is 0 Å². The third-order valence-electron chi connectivity index (χ3n) is 1.99. The van der Waals surface area contributed by atoms with Crippen LogP contribution in [0.4, 0.5) is 5.82 Å². The summed E-state index contributed by atoms with van der Waals surface area (Å²) in [5, 5.41) is 13.4. The summed E-state index contributed by atoms with van der Waals surface area (Å²) in [5.74, 6) is 0.785. The predicted octanol–water partition coefficient (Wildman–Crippen LogP) is 2.72. The molecule has 0 saturated heterocycles. The Hall–Kier alpha value is -1.35. The first-order valence-electron chi connectivity index (χ1n) is 4.47. The Morgan fingerprint density at radius 2 is 1.93 bits per heavy atom. The fraction of sp³-hybridized carbons (Fsp3) is 0.200. The Morgan fingerprint density at radius 1 is 1.21 bits per heavy atom. The summed E-state index contributed by atoms with van der Waals surface area (Å²) in [7, 11) is 0. The second-order valence-electron chi connectivity index (χ2n) is 2.92. The van der Waals surface area contributed by atoms with Crippen molar-refractivity contribution in [3.63, 3.8) is 0 Å². The highest BCUT2D eigenvalue weighted by Crippen LogP contribution is 2.25. The molecule has 4 heteroatoms. The molecule has 3 nitrogen and oxygen atoms in total. The molecular formula is C10H10ClN3. The SMILES string of the molecule is CCNc1nnc(Cl)c2ccccc12.